The number of nitrogens with zero attached hydrogens (tertiary/aromatic N) is 6. The molecule has 0 radical (unpaired) electrons. The fraction of sp³-hybridized carbons (Fsp3) is 0.200. The summed E-state index contributed by atoms with van der Waals surface area (Å²) in [4.78, 5) is 10.4. The van der Waals surface area contributed by atoms with Gasteiger partial charge in [0.05, 0.1) is 0 Å². The van der Waals surface area contributed by atoms with E-state index in [4.69, 9.17) is 9.97 Å². The molecule has 37 heavy (non-hydrogen) atoms. The maximum atomic E-state index is 5.23. The second-order valence-electron chi connectivity index (χ2n) is 9.80. The predicted octanol–water partition coefficient (Wildman–Crippen LogP) is 5.82. The number of pyridine rings is 2. The molecule has 0 amide bonds. The van der Waals surface area contributed by atoms with Crippen molar-refractivity contribution in [2.45, 2.75) is 26.2 Å². The van der Waals surface area contributed by atoms with Crippen LogP contribution in [0, 0.1) is 19.3 Å². The van der Waals surface area contributed by atoms with Crippen molar-refractivity contribution in [3.05, 3.63) is 96.3 Å². The Balaban J connectivity index is 0.00000280. The molecule has 6 rings (SSSR count). The summed E-state index contributed by atoms with van der Waals surface area (Å²) in [6.07, 6.45) is 8.25. The molecule has 0 aliphatic rings. The second kappa shape index (κ2) is 9.35. The van der Waals surface area contributed by atoms with Crippen molar-refractivity contribution in [1.29, 1.82) is 0 Å². The van der Waals surface area contributed by atoms with E-state index in [-0.39, 0.29) is 21.1 Å². The zero-order valence-electron chi connectivity index (χ0n) is 21.4. The molecule has 186 valence electrons. The van der Waals surface area contributed by atoms with E-state index in [1.54, 1.807) is 4.68 Å². The molecule has 0 bridgehead atoms. The molecule has 7 heteroatoms. The Morgan fingerprint density at radius 2 is 1.32 bits per heavy atom. The van der Waals surface area contributed by atoms with E-state index >= 15 is 0 Å². The van der Waals surface area contributed by atoms with Crippen LogP contribution in [0.15, 0.2) is 66.9 Å². The van der Waals surface area contributed by atoms with Crippen LogP contribution in [0.5, 0.6) is 0 Å². The van der Waals surface area contributed by atoms with Crippen LogP contribution in [-0.2, 0) is 40.6 Å². The Morgan fingerprint density at radius 3 is 1.86 bits per heavy atom. The van der Waals surface area contributed by atoms with E-state index in [0.717, 1.165) is 61.1 Å². The Kier molecular flexibility index (Phi) is 6.33. The van der Waals surface area contributed by atoms with Crippen molar-refractivity contribution >= 4 is 21.5 Å². The number of fused-ring (bicyclic) bond motifs is 2. The first kappa shape index (κ1) is 25.0. The van der Waals surface area contributed by atoms with E-state index < -0.39 is 5.41 Å². The Hall–Kier alpha value is -3.63. The molecular formula is C30H26N6Pt. The van der Waals surface area contributed by atoms with Gasteiger partial charge in [0.1, 0.15) is 0 Å². The van der Waals surface area contributed by atoms with Crippen molar-refractivity contribution in [3.63, 3.8) is 0 Å². The van der Waals surface area contributed by atoms with Gasteiger partial charge in [-0.15, -0.1) is 11.1 Å². The van der Waals surface area contributed by atoms with Crippen molar-refractivity contribution in [1.82, 2.24) is 29.5 Å². The number of rotatable bonds is 4. The van der Waals surface area contributed by atoms with Crippen LogP contribution in [0.4, 0.5) is 0 Å². The summed E-state index contributed by atoms with van der Waals surface area (Å²) < 4.78 is 3.60. The van der Waals surface area contributed by atoms with Crippen LogP contribution in [0.2, 0.25) is 0 Å². The Bertz CT molecular complexity index is 1760. The molecule has 0 aliphatic heterocycles. The zero-order valence-corrected chi connectivity index (χ0v) is 23.6. The number of benzene rings is 2. The number of hydrogen-bond donors (Lipinski definition) is 0. The van der Waals surface area contributed by atoms with Gasteiger partial charge in [0.25, 0.3) is 0 Å². The predicted molar refractivity (Wildman–Crippen MR) is 142 cm³/mol. The summed E-state index contributed by atoms with van der Waals surface area (Å²) in [5.41, 5.74) is 6.00. The summed E-state index contributed by atoms with van der Waals surface area (Å²) in [5, 5.41) is 13.0. The summed E-state index contributed by atoms with van der Waals surface area (Å²) in [7, 11) is 3.83. The molecule has 0 spiro atoms. The third kappa shape index (κ3) is 4.19. The summed E-state index contributed by atoms with van der Waals surface area (Å²) >= 11 is 0. The summed E-state index contributed by atoms with van der Waals surface area (Å²) in [6, 6.07) is 21.0. The van der Waals surface area contributed by atoms with E-state index in [0.29, 0.717) is 0 Å². The van der Waals surface area contributed by atoms with Crippen molar-refractivity contribution in [3.8, 4) is 22.5 Å². The maximum absolute atomic E-state index is 5.23. The molecule has 0 saturated heterocycles. The van der Waals surface area contributed by atoms with Crippen LogP contribution >= 0.6 is 0 Å². The van der Waals surface area contributed by atoms with Gasteiger partial charge in [-0.1, -0.05) is 67.3 Å². The minimum absolute atomic E-state index is 0. The quantitative estimate of drug-likeness (QED) is 0.223. The van der Waals surface area contributed by atoms with Gasteiger partial charge in [-0.25, -0.2) is 0 Å². The van der Waals surface area contributed by atoms with Gasteiger partial charge in [-0.3, -0.25) is 10.2 Å². The van der Waals surface area contributed by atoms with Crippen molar-refractivity contribution in [2.24, 2.45) is 14.1 Å². The van der Waals surface area contributed by atoms with Gasteiger partial charge in [-0.05, 0) is 71.3 Å². The molecule has 0 N–H and O–H groups in total. The standard InChI is InChI=1S/C30H26N6.Pt/c1-19-25(17-32-36(19)5)29-24-13-9-7-11-21(24)15-27(34-29)30(2,3)26-14-20-10-6-8-12-23(20)28(33-26)22-16-31-35(4)18-22;/h6-15,18H,1-5H3;/q-2;+2. The minimum atomic E-state index is -0.476. The molecule has 0 aliphatic carbocycles. The second-order valence-corrected chi connectivity index (χ2v) is 9.80. The first-order valence-corrected chi connectivity index (χ1v) is 12.0. The maximum Gasteiger partial charge on any atom is 2.00 e. The molecule has 0 atom stereocenters. The smallest absolute Gasteiger partial charge is 0.341 e. The number of aryl methyl sites for hydroxylation is 2. The molecule has 4 heterocycles. The number of hydrogen-bond acceptors (Lipinski definition) is 4. The van der Waals surface area contributed by atoms with Crippen LogP contribution < -0.4 is 0 Å². The molecule has 4 aromatic heterocycles. The monoisotopic (exact) mass is 665 g/mol. The average Bonchev–Trinajstić information content (AvgIpc) is 3.47. The van der Waals surface area contributed by atoms with E-state index in [9.17, 15) is 0 Å². The van der Waals surface area contributed by atoms with Gasteiger partial charge >= 0.3 is 21.1 Å². The minimum Gasteiger partial charge on any atom is -0.341 e. The third-order valence-electron chi connectivity index (χ3n) is 7.06. The van der Waals surface area contributed by atoms with Crippen LogP contribution in [0.3, 0.4) is 0 Å². The fourth-order valence-electron chi connectivity index (χ4n) is 4.72. The van der Waals surface area contributed by atoms with Crippen LogP contribution in [-0.4, -0.2) is 29.5 Å². The van der Waals surface area contributed by atoms with E-state index in [1.807, 2.05) is 37.1 Å². The summed E-state index contributed by atoms with van der Waals surface area (Å²) in [6.45, 7) is 6.41. The average molecular weight is 666 g/mol. The van der Waals surface area contributed by atoms with Crippen LogP contribution in [0.1, 0.15) is 30.9 Å². The first-order chi connectivity index (χ1) is 17.3. The normalized spacial score (nSPS) is 11.7. The van der Waals surface area contributed by atoms with Gasteiger partial charge in [0.2, 0.25) is 0 Å². The fourth-order valence-corrected chi connectivity index (χ4v) is 4.72. The SMILES string of the molecule is Cc1c(-c2nc(C(C)(C)c3cc4ccccc4c(-c4[c-]nn(C)c4)n3)cc3ccccc23)[c-]nn1C.[Pt+2]. The van der Waals surface area contributed by atoms with Gasteiger partial charge in [0, 0.05) is 30.9 Å². The molecule has 6 aromatic rings. The molecule has 0 fully saturated rings. The Morgan fingerprint density at radius 1 is 0.757 bits per heavy atom. The first-order valence-electron chi connectivity index (χ1n) is 12.0. The molecule has 2 aromatic carbocycles. The topological polar surface area (TPSA) is 61.4 Å². The van der Waals surface area contributed by atoms with Crippen molar-refractivity contribution in [2.75, 3.05) is 0 Å². The van der Waals surface area contributed by atoms with Gasteiger partial charge < -0.3 is 19.3 Å². The molecular weight excluding hydrogens is 639 g/mol. The third-order valence-corrected chi connectivity index (χ3v) is 7.06. The molecule has 6 nitrogen and oxygen atoms in total. The molecule has 0 unspecified atom stereocenters. The van der Waals surface area contributed by atoms with E-state index in [1.165, 1.54) is 0 Å². The number of aromatic nitrogens is 6. The van der Waals surface area contributed by atoms with Gasteiger partial charge in [-0.2, -0.15) is 0 Å². The largest absolute Gasteiger partial charge is 2.00 e. The van der Waals surface area contributed by atoms with Crippen LogP contribution in [0.25, 0.3) is 44.1 Å². The van der Waals surface area contributed by atoms with E-state index in [2.05, 4.69) is 91.9 Å². The Labute approximate surface area is 230 Å². The molecule has 0 saturated carbocycles. The van der Waals surface area contributed by atoms with Gasteiger partial charge in [0.15, 0.2) is 0 Å². The van der Waals surface area contributed by atoms with Crippen molar-refractivity contribution < 1.29 is 21.1 Å². The zero-order chi connectivity index (χ0) is 25.0. The summed E-state index contributed by atoms with van der Waals surface area (Å²) in [5.74, 6) is 0.